The van der Waals surface area contributed by atoms with Gasteiger partial charge in [-0.2, -0.15) is 0 Å². The van der Waals surface area contributed by atoms with Crippen LogP contribution in [0.5, 0.6) is 0 Å². The smallest absolute Gasteiger partial charge is 0.0540 e. The maximum Gasteiger partial charge on any atom is 0.0540 e. The van der Waals surface area contributed by atoms with Gasteiger partial charge in [-0.25, -0.2) is 0 Å². The third kappa shape index (κ3) is 4.80. The van der Waals surface area contributed by atoms with Crippen LogP contribution in [0, 0.1) is 5.92 Å². The molecule has 2 unspecified atom stereocenters. The van der Waals surface area contributed by atoms with Gasteiger partial charge in [0.05, 0.1) is 6.10 Å². The molecule has 0 aliphatic carbocycles. The van der Waals surface area contributed by atoms with Gasteiger partial charge in [0.15, 0.2) is 0 Å². The highest BCUT2D eigenvalue weighted by Crippen LogP contribution is 2.13. The van der Waals surface area contributed by atoms with E-state index in [1.165, 1.54) is 12.8 Å². The van der Waals surface area contributed by atoms with E-state index in [4.69, 9.17) is 0 Å². The van der Waals surface area contributed by atoms with Crippen molar-refractivity contribution in [2.45, 2.75) is 52.6 Å². The molecule has 0 aliphatic rings. The molecule has 0 bridgehead atoms. The number of hydrogen-bond acceptors (Lipinski definition) is 1. The summed E-state index contributed by atoms with van der Waals surface area (Å²) in [5.74, 6) is 0.694. The Morgan fingerprint density at radius 3 is 2.30 bits per heavy atom. The lowest BCUT2D eigenvalue weighted by atomic mass is 9.98. The first-order valence-electron chi connectivity index (χ1n) is 4.38. The zero-order valence-electron chi connectivity index (χ0n) is 7.43. The SMILES string of the molecule is CCCC(C)CC(O)CC. The molecule has 2 atom stereocenters. The van der Waals surface area contributed by atoms with Gasteiger partial charge in [-0.3, -0.25) is 0 Å². The van der Waals surface area contributed by atoms with E-state index in [0.717, 1.165) is 12.8 Å². The number of aliphatic hydroxyl groups is 1. The van der Waals surface area contributed by atoms with Gasteiger partial charge in [0, 0.05) is 0 Å². The predicted octanol–water partition coefficient (Wildman–Crippen LogP) is 2.58. The van der Waals surface area contributed by atoms with Crippen molar-refractivity contribution in [3.63, 3.8) is 0 Å². The summed E-state index contributed by atoms with van der Waals surface area (Å²) in [5, 5.41) is 9.25. The van der Waals surface area contributed by atoms with Crippen LogP contribution in [0.25, 0.3) is 0 Å². The first-order chi connectivity index (χ1) is 4.70. The molecule has 0 saturated carbocycles. The summed E-state index contributed by atoms with van der Waals surface area (Å²) in [5.41, 5.74) is 0. The second kappa shape index (κ2) is 5.72. The van der Waals surface area contributed by atoms with Gasteiger partial charge in [0.25, 0.3) is 0 Å². The first kappa shape index (κ1) is 9.96. The van der Waals surface area contributed by atoms with E-state index in [0.29, 0.717) is 5.92 Å². The van der Waals surface area contributed by atoms with E-state index in [1.54, 1.807) is 0 Å². The Morgan fingerprint density at radius 1 is 1.30 bits per heavy atom. The minimum Gasteiger partial charge on any atom is -0.393 e. The zero-order valence-corrected chi connectivity index (χ0v) is 7.43. The summed E-state index contributed by atoms with van der Waals surface area (Å²) < 4.78 is 0. The quantitative estimate of drug-likeness (QED) is 0.628. The molecule has 0 aromatic carbocycles. The fraction of sp³-hybridized carbons (Fsp3) is 1.00. The Morgan fingerprint density at radius 2 is 1.90 bits per heavy atom. The van der Waals surface area contributed by atoms with Crippen molar-refractivity contribution >= 4 is 0 Å². The monoisotopic (exact) mass is 144 g/mol. The molecule has 1 heteroatoms. The lowest BCUT2D eigenvalue weighted by Crippen LogP contribution is -2.09. The van der Waals surface area contributed by atoms with Crippen molar-refractivity contribution in [2.75, 3.05) is 0 Å². The van der Waals surface area contributed by atoms with Crippen molar-refractivity contribution in [3.05, 3.63) is 0 Å². The van der Waals surface area contributed by atoms with Gasteiger partial charge in [-0.15, -0.1) is 0 Å². The molecule has 62 valence electrons. The van der Waals surface area contributed by atoms with E-state index in [-0.39, 0.29) is 6.10 Å². The van der Waals surface area contributed by atoms with Crippen molar-refractivity contribution in [1.82, 2.24) is 0 Å². The van der Waals surface area contributed by atoms with Crippen LogP contribution in [-0.4, -0.2) is 11.2 Å². The number of hydrogen-bond donors (Lipinski definition) is 1. The topological polar surface area (TPSA) is 20.2 Å². The van der Waals surface area contributed by atoms with Crippen LogP contribution >= 0.6 is 0 Å². The fourth-order valence-corrected chi connectivity index (χ4v) is 1.24. The number of rotatable bonds is 5. The van der Waals surface area contributed by atoms with Crippen LogP contribution in [0.1, 0.15) is 46.5 Å². The molecule has 0 amide bonds. The Hall–Kier alpha value is -0.0400. The molecule has 0 aliphatic heterocycles. The van der Waals surface area contributed by atoms with Gasteiger partial charge in [-0.05, 0) is 18.8 Å². The molecule has 0 radical (unpaired) electrons. The predicted molar refractivity (Wildman–Crippen MR) is 45.0 cm³/mol. The van der Waals surface area contributed by atoms with Crippen molar-refractivity contribution in [1.29, 1.82) is 0 Å². The van der Waals surface area contributed by atoms with Gasteiger partial charge < -0.3 is 5.11 Å². The molecule has 1 N–H and O–H groups in total. The average Bonchev–Trinajstić information content (AvgIpc) is 1.88. The maximum absolute atomic E-state index is 9.25. The second-order valence-electron chi connectivity index (χ2n) is 3.19. The molecule has 0 rings (SSSR count). The highest BCUT2D eigenvalue weighted by atomic mass is 16.3. The first-order valence-corrected chi connectivity index (χ1v) is 4.38. The highest BCUT2D eigenvalue weighted by Gasteiger charge is 2.06. The Labute approximate surface area is 64.5 Å². The van der Waals surface area contributed by atoms with Crippen LogP contribution in [-0.2, 0) is 0 Å². The summed E-state index contributed by atoms with van der Waals surface area (Å²) in [6.45, 7) is 6.43. The van der Waals surface area contributed by atoms with E-state index in [1.807, 2.05) is 6.92 Å². The van der Waals surface area contributed by atoms with Gasteiger partial charge in [0.1, 0.15) is 0 Å². The summed E-state index contributed by atoms with van der Waals surface area (Å²) >= 11 is 0. The Kier molecular flexibility index (Phi) is 5.70. The Balaban J connectivity index is 3.27. The maximum atomic E-state index is 9.25. The lowest BCUT2D eigenvalue weighted by Gasteiger charge is -2.13. The molecule has 0 spiro atoms. The van der Waals surface area contributed by atoms with E-state index >= 15 is 0 Å². The van der Waals surface area contributed by atoms with Gasteiger partial charge >= 0.3 is 0 Å². The van der Waals surface area contributed by atoms with Crippen LogP contribution in [0.3, 0.4) is 0 Å². The van der Waals surface area contributed by atoms with Crippen LogP contribution in [0.4, 0.5) is 0 Å². The van der Waals surface area contributed by atoms with E-state index in [9.17, 15) is 5.11 Å². The lowest BCUT2D eigenvalue weighted by molar-refractivity contribution is 0.139. The minimum absolute atomic E-state index is 0.0680. The summed E-state index contributed by atoms with van der Waals surface area (Å²) in [6.07, 6.45) is 4.29. The van der Waals surface area contributed by atoms with E-state index < -0.39 is 0 Å². The normalized spacial score (nSPS) is 16.8. The van der Waals surface area contributed by atoms with Crippen molar-refractivity contribution in [3.8, 4) is 0 Å². The Bertz CT molecular complexity index is 71.1. The summed E-state index contributed by atoms with van der Waals surface area (Å²) in [7, 11) is 0. The average molecular weight is 144 g/mol. The second-order valence-corrected chi connectivity index (χ2v) is 3.19. The molecule has 0 fully saturated rings. The third-order valence-corrected chi connectivity index (χ3v) is 1.93. The van der Waals surface area contributed by atoms with Gasteiger partial charge in [-0.1, -0.05) is 33.6 Å². The van der Waals surface area contributed by atoms with Crippen LogP contribution in [0.15, 0.2) is 0 Å². The molecule has 10 heavy (non-hydrogen) atoms. The molecule has 0 aromatic rings. The molecular formula is C9H20O. The largest absolute Gasteiger partial charge is 0.393 e. The number of aliphatic hydroxyl groups excluding tert-OH is 1. The molecule has 0 heterocycles. The van der Waals surface area contributed by atoms with Crippen molar-refractivity contribution < 1.29 is 5.11 Å². The van der Waals surface area contributed by atoms with Gasteiger partial charge in [0.2, 0.25) is 0 Å². The summed E-state index contributed by atoms with van der Waals surface area (Å²) in [6, 6.07) is 0. The van der Waals surface area contributed by atoms with Crippen LogP contribution in [0.2, 0.25) is 0 Å². The summed E-state index contributed by atoms with van der Waals surface area (Å²) in [4.78, 5) is 0. The molecule has 1 nitrogen and oxygen atoms in total. The molecule has 0 saturated heterocycles. The van der Waals surface area contributed by atoms with Crippen molar-refractivity contribution in [2.24, 2.45) is 5.92 Å². The standard InChI is InChI=1S/C9H20O/c1-4-6-8(3)7-9(10)5-2/h8-10H,4-7H2,1-3H3. The molecular weight excluding hydrogens is 124 g/mol. The van der Waals surface area contributed by atoms with Crippen LogP contribution < -0.4 is 0 Å². The van der Waals surface area contributed by atoms with E-state index in [2.05, 4.69) is 13.8 Å². The fourth-order valence-electron chi connectivity index (χ4n) is 1.24. The minimum atomic E-state index is -0.0680. The third-order valence-electron chi connectivity index (χ3n) is 1.93. The zero-order chi connectivity index (χ0) is 7.98. The highest BCUT2D eigenvalue weighted by molar-refractivity contribution is 4.58. The molecule has 0 aromatic heterocycles.